The van der Waals surface area contributed by atoms with E-state index in [4.69, 9.17) is 4.74 Å². The minimum atomic E-state index is 0.126. The minimum Gasteiger partial charge on any atom is -0.501 e. The highest BCUT2D eigenvalue weighted by molar-refractivity contribution is 5.58. The van der Waals surface area contributed by atoms with Gasteiger partial charge in [-0.3, -0.25) is 4.90 Å². The molecule has 122 valence electrons. The summed E-state index contributed by atoms with van der Waals surface area (Å²) in [5.74, 6) is 1.54. The summed E-state index contributed by atoms with van der Waals surface area (Å²) in [6.45, 7) is 8.09. The Hall–Kier alpha value is -1.54. The van der Waals surface area contributed by atoms with Gasteiger partial charge in [0, 0.05) is 17.4 Å². The molecule has 0 N–H and O–H groups in total. The lowest BCUT2D eigenvalue weighted by Gasteiger charge is -2.57. The number of allylic oxidation sites excluding steroid dienone is 3. The van der Waals surface area contributed by atoms with Crippen LogP contribution in [-0.2, 0) is 16.6 Å². The predicted octanol–water partition coefficient (Wildman–Crippen LogP) is 3.91. The van der Waals surface area contributed by atoms with E-state index in [0.29, 0.717) is 12.0 Å². The zero-order valence-corrected chi connectivity index (χ0v) is 14.9. The van der Waals surface area contributed by atoms with Gasteiger partial charge in [-0.15, -0.1) is 0 Å². The van der Waals surface area contributed by atoms with Crippen molar-refractivity contribution in [2.45, 2.75) is 45.1 Å². The normalized spacial score (nSPS) is 32.6. The fourth-order valence-corrected chi connectivity index (χ4v) is 5.34. The number of rotatable bonds is 1. The molecule has 0 aromatic heterocycles. The van der Waals surface area contributed by atoms with Gasteiger partial charge in [0.2, 0.25) is 0 Å². The largest absolute Gasteiger partial charge is 0.501 e. The summed E-state index contributed by atoms with van der Waals surface area (Å²) in [7, 11) is 4.10. The Morgan fingerprint density at radius 2 is 2.00 bits per heavy atom. The lowest BCUT2D eigenvalue weighted by atomic mass is 9.53. The fraction of sp³-hybridized carbons (Fsp3) is 0.524. The summed E-state index contributed by atoms with van der Waals surface area (Å²) >= 11 is 0. The van der Waals surface area contributed by atoms with E-state index in [9.17, 15) is 0 Å². The van der Waals surface area contributed by atoms with Gasteiger partial charge in [-0.2, -0.15) is 0 Å². The second-order valence-electron chi connectivity index (χ2n) is 7.58. The molecule has 1 heterocycles. The SMILES string of the molecule is COC1=CC=C2C3Cc4ccc(C)c(C)c4C2(CCN3C)C1C. The van der Waals surface area contributed by atoms with Crippen molar-refractivity contribution in [2.75, 3.05) is 20.7 Å². The maximum absolute atomic E-state index is 5.75. The van der Waals surface area contributed by atoms with Crippen molar-refractivity contribution in [3.05, 3.63) is 57.9 Å². The summed E-state index contributed by atoms with van der Waals surface area (Å²) in [6, 6.07) is 5.21. The first-order valence-corrected chi connectivity index (χ1v) is 8.76. The first-order chi connectivity index (χ1) is 11.0. The molecule has 2 bridgehead atoms. The van der Waals surface area contributed by atoms with Gasteiger partial charge in [0.1, 0.15) is 0 Å². The van der Waals surface area contributed by atoms with Gasteiger partial charge in [-0.1, -0.05) is 25.1 Å². The van der Waals surface area contributed by atoms with E-state index in [1.165, 1.54) is 17.5 Å². The van der Waals surface area contributed by atoms with Crippen LogP contribution in [0.3, 0.4) is 0 Å². The standard InChI is InChI=1S/C21H27NO/c1-13-6-7-16-12-18-17-8-9-19(23-5)15(3)21(17,10-11-22(18)4)20(16)14(13)2/h6-9,15,18H,10-12H2,1-5H3. The first kappa shape index (κ1) is 15.0. The number of benzene rings is 1. The number of methoxy groups -OCH3 is 1. The smallest absolute Gasteiger partial charge is 0.0995 e. The van der Waals surface area contributed by atoms with Crippen LogP contribution in [-0.4, -0.2) is 31.6 Å². The number of likely N-dealkylation sites (tertiary alicyclic amines) is 1. The van der Waals surface area contributed by atoms with Gasteiger partial charge in [0.25, 0.3) is 0 Å². The molecule has 3 unspecified atom stereocenters. The minimum absolute atomic E-state index is 0.126. The molecule has 1 saturated heterocycles. The zero-order chi connectivity index (χ0) is 16.4. The third-order valence-electron chi connectivity index (χ3n) is 6.78. The van der Waals surface area contributed by atoms with Gasteiger partial charge in [-0.25, -0.2) is 0 Å². The molecule has 0 saturated carbocycles. The maximum atomic E-state index is 5.75. The molecule has 0 spiro atoms. The third kappa shape index (κ3) is 1.79. The number of likely N-dealkylation sites (N-methyl/N-ethyl adjacent to an activating group) is 1. The van der Waals surface area contributed by atoms with E-state index in [2.05, 4.69) is 57.0 Å². The van der Waals surface area contributed by atoms with Crippen LogP contribution in [0.4, 0.5) is 0 Å². The second kappa shape index (κ2) is 4.98. The Morgan fingerprint density at radius 3 is 2.74 bits per heavy atom. The topological polar surface area (TPSA) is 12.5 Å². The van der Waals surface area contributed by atoms with E-state index >= 15 is 0 Å². The number of hydrogen-bond donors (Lipinski definition) is 0. The molecule has 0 radical (unpaired) electrons. The van der Waals surface area contributed by atoms with E-state index in [0.717, 1.165) is 18.7 Å². The van der Waals surface area contributed by atoms with E-state index < -0.39 is 0 Å². The van der Waals surface area contributed by atoms with Crippen LogP contribution in [0.5, 0.6) is 0 Å². The molecular formula is C21H27NO. The van der Waals surface area contributed by atoms with E-state index in [1.54, 1.807) is 16.7 Å². The number of hydrogen-bond acceptors (Lipinski definition) is 2. The first-order valence-electron chi connectivity index (χ1n) is 8.76. The van der Waals surface area contributed by atoms with Crippen LogP contribution in [0.1, 0.15) is 35.6 Å². The molecule has 1 aromatic rings. The monoisotopic (exact) mass is 309 g/mol. The van der Waals surface area contributed by atoms with Crippen molar-refractivity contribution < 1.29 is 4.74 Å². The van der Waals surface area contributed by atoms with Crippen molar-refractivity contribution in [2.24, 2.45) is 5.92 Å². The van der Waals surface area contributed by atoms with Crippen LogP contribution in [0.15, 0.2) is 35.6 Å². The second-order valence-corrected chi connectivity index (χ2v) is 7.58. The molecule has 3 aliphatic rings. The van der Waals surface area contributed by atoms with Gasteiger partial charge in [-0.05, 0) is 74.2 Å². The van der Waals surface area contributed by atoms with Crippen LogP contribution >= 0.6 is 0 Å². The van der Waals surface area contributed by atoms with Gasteiger partial charge in [0.05, 0.1) is 12.9 Å². The van der Waals surface area contributed by atoms with Gasteiger partial charge < -0.3 is 4.74 Å². The summed E-state index contributed by atoms with van der Waals surface area (Å²) in [5, 5.41) is 0. The quantitative estimate of drug-likeness (QED) is 0.780. The number of fused-ring (bicyclic) bond motifs is 1. The predicted molar refractivity (Wildman–Crippen MR) is 94.7 cm³/mol. The Morgan fingerprint density at radius 1 is 1.22 bits per heavy atom. The highest BCUT2D eigenvalue weighted by Gasteiger charge is 2.54. The summed E-state index contributed by atoms with van der Waals surface area (Å²) in [5.41, 5.74) is 7.78. The lowest BCUT2D eigenvalue weighted by Crippen LogP contribution is -2.57. The van der Waals surface area contributed by atoms with Crippen molar-refractivity contribution >= 4 is 0 Å². The van der Waals surface area contributed by atoms with Crippen molar-refractivity contribution in [1.29, 1.82) is 0 Å². The average molecular weight is 309 g/mol. The average Bonchev–Trinajstić information content (AvgIpc) is 2.55. The third-order valence-corrected chi connectivity index (χ3v) is 6.78. The van der Waals surface area contributed by atoms with Gasteiger partial charge in [0.15, 0.2) is 0 Å². The van der Waals surface area contributed by atoms with Gasteiger partial charge >= 0.3 is 0 Å². The highest BCUT2D eigenvalue weighted by Crippen LogP contribution is 2.57. The van der Waals surface area contributed by atoms with Crippen LogP contribution in [0, 0.1) is 19.8 Å². The Balaban J connectivity index is 2.04. The number of nitrogens with zero attached hydrogens (tertiary/aromatic N) is 1. The summed E-state index contributed by atoms with van der Waals surface area (Å²) in [6.07, 6.45) is 6.90. The van der Waals surface area contributed by atoms with Crippen LogP contribution < -0.4 is 0 Å². The Labute approximate surface area is 139 Å². The van der Waals surface area contributed by atoms with Crippen LogP contribution in [0.25, 0.3) is 0 Å². The number of piperidine rings is 1. The molecule has 0 amide bonds. The maximum Gasteiger partial charge on any atom is 0.0995 e. The Kier molecular flexibility index (Phi) is 3.25. The molecular weight excluding hydrogens is 282 g/mol. The zero-order valence-electron chi connectivity index (χ0n) is 14.9. The molecule has 3 atom stereocenters. The van der Waals surface area contributed by atoms with Crippen LogP contribution in [0.2, 0.25) is 0 Å². The molecule has 2 nitrogen and oxygen atoms in total. The van der Waals surface area contributed by atoms with E-state index in [1.807, 2.05) is 7.11 Å². The summed E-state index contributed by atoms with van der Waals surface area (Å²) < 4.78 is 5.75. The Bertz CT molecular complexity index is 730. The molecule has 2 aliphatic carbocycles. The van der Waals surface area contributed by atoms with Crippen molar-refractivity contribution in [3.8, 4) is 0 Å². The molecule has 4 rings (SSSR count). The van der Waals surface area contributed by atoms with E-state index in [-0.39, 0.29) is 5.41 Å². The molecule has 1 fully saturated rings. The summed E-state index contributed by atoms with van der Waals surface area (Å²) in [4.78, 5) is 2.54. The highest BCUT2D eigenvalue weighted by atomic mass is 16.5. The van der Waals surface area contributed by atoms with Crippen molar-refractivity contribution in [1.82, 2.24) is 4.90 Å². The molecule has 1 aliphatic heterocycles. The molecule has 2 heteroatoms. The lowest BCUT2D eigenvalue weighted by molar-refractivity contribution is 0.115. The number of ether oxygens (including phenoxy) is 1. The number of aryl methyl sites for hydroxylation is 1. The molecule has 23 heavy (non-hydrogen) atoms. The van der Waals surface area contributed by atoms with Crippen molar-refractivity contribution in [3.63, 3.8) is 0 Å². The molecule has 1 aromatic carbocycles. The fourth-order valence-electron chi connectivity index (χ4n) is 5.34.